The van der Waals surface area contributed by atoms with Crippen LogP contribution in [0.25, 0.3) is 0 Å². The van der Waals surface area contributed by atoms with Gasteiger partial charge in [-0.3, -0.25) is 0 Å². The van der Waals surface area contributed by atoms with E-state index in [9.17, 15) is 4.39 Å². The van der Waals surface area contributed by atoms with Crippen LogP contribution < -0.4 is 5.32 Å². The number of halogens is 1. The fraction of sp³-hybridized carbons (Fsp3) is 0.615. The lowest BCUT2D eigenvalue weighted by Crippen LogP contribution is -2.35. The smallest absolute Gasteiger partial charge is 0.165 e. The van der Waals surface area contributed by atoms with Crippen LogP contribution in [0.3, 0.4) is 0 Å². The number of anilines is 1. The predicted octanol–water partition coefficient (Wildman–Crippen LogP) is 2.36. The lowest BCUT2D eigenvalue weighted by molar-refractivity contribution is 0.198. The molecule has 1 fully saturated rings. The maximum atomic E-state index is 13.3. The second kappa shape index (κ2) is 5.96. The number of hydrogen-bond donors (Lipinski definition) is 1. The highest BCUT2D eigenvalue weighted by atomic mass is 19.1. The van der Waals surface area contributed by atoms with Crippen LogP contribution in [0.4, 0.5) is 10.2 Å². The first-order valence-electron chi connectivity index (χ1n) is 6.36. The standard InChI is InChI=1S/C13H20FN3/c1-2-17-8-5-11(6-9-17)10-16-13-12(14)4-3-7-15-13/h3-4,7,11H,2,5-6,8-10H2,1H3,(H,15,16). The summed E-state index contributed by atoms with van der Waals surface area (Å²) < 4.78 is 13.3. The molecule has 0 aromatic carbocycles. The van der Waals surface area contributed by atoms with Crippen LogP contribution in [0, 0.1) is 11.7 Å². The number of piperidine rings is 1. The van der Waals surface area contributed by atoms with Gasteiger partial charge in [0.05, 0.1) is 0 Å². The number of likely N-dealkylation sites (tertiary alicyclic amines) is 1. The van der Waals surface area contributed by atoms with Crippen molar-refractivity contribution >= 4 is 5.82 Å². The van der Waals surface area contributed by atoms with Gasteiger partial charge in [-0.15, -0.1) is 0 Å². The Hall–Kier alpha value is -1.16. The highest BCUT2D eigenvalue weighted by molar-refractivity contribution is 5.35. The zero-order valence-electron chi connectivity index (χ0n) is 10.3. The fourth-order valence-corrected chi connectivity index (χ4v) is 2.26. The molecule has 0 atom stereocenters. The summed E-state index contributed by atoms with van der Waals surface area (Å²) in [5, 5.41) is 3.11. The van der Waals surface area contributed by atoms with E-state index in [-0.39, 0.29) is 5.82 Å². The second-order valence-corrected chi connectivity index (χ2v) is 4.59. The van der Waals surface area contributed by atoms with Crippen molar-refractivity contribution in [1.82, 2.24) is 9.88 Å². The molecule has 4 heteroatoms. The highest BCUT2D eigenvalue weighted by Gasteiger charge is 2.18. The average molecular weight is 237 g/mol. The molecule has 1 aliphatic heterocycles. The van der Waals surface area contributed by atoms with Gasteiger partial charge in [-0.25, -0.2) is 9.37 Å². The Morgan fingerprint density at radius 2 is 2.24 bits per heavy atom. The Balaban J connectivity index is 1.78. The van der Waals surface area contributed by atoms with Gasteiger partial charge in [0.25, 0.3) is 0 Å². The molecule has 0 amide bonds. The summed E-state index contributed by atoms with van der Waals surface area (Å²) in [4.78, 5) is 6.45. The number of nitrogens with zero attached hydrogens (tertiary/aromatic N) is 2. The summed E-state index contributed by atoms with van der Waals surface area (Å²) >= 11 is 0. The number of rotatable bonds is 4. The molecule has 0 bridgehead atoms. The van der Waals surface area contributed by atoms with Gasteiger partial charge in [-0.05, 0) is 50.5 Å². The molecule has 2 heterocycles. The van der Waals surface area contributed by atoms with E-state index in [2.05, 4.69) is 22.1 Å². The van der Waals surface area contributed by atoms with Crippen molar-refractivity contribution in [3.63, 3.8) is 0 Å². The molecule has 2 rings (SSSR count). The molecule has 1 aromatic rings. The van der Waals surface area contributed by atoms with Crippen LogP contribution in [0.1, 0.15) is 19.8 Å². The van der Waals surface area contributed by atoms with Crippen LogP contribution in [-0.4, -0.2) is 36.1 Å². The van der Waals surface area contributed by atoms with Crippen molar-refractivity contribution in [2.75, 3.05) is 31.5 Å². The maximum absolute atomic E-state index is 13.3. The van der Waals surface area contributed by atoms with Crippen LogP contribution in [0.2, 0.25) is 0 Å². The van der Waals surface area contributed by atoms with Gasteiger partial charge in [-0.2, -0.15) is 0 Å². The Morgan fingerprint density at radius 3 is 2.88 bits per heavy atom. The Bertz CT molecular complexity index is 348. The van der Waals surface area contributed by atoms with Gasteiger partial charge in [-0.1, -0.05) is 6.92 Å². The third kappa shape index (κ3) is 3.40. The molecule has 94 valence electrons. The summed E-state index contributed by atoms with van der Waals surface area (Å²) in [7, 11) is 0. The van der Waals surface area contributed by atoms with E-state index in [0.717, 1.165) is 26.2 Å². The first kappa shape index (κ1) is 12.3. The molecule has 0 saturated carbocycles. The van der Waals surface area contributed by atoms with Crippen molar-refractivity contribution < 1.29 is 4.39 Å². The molecule has 1 aromatic heterocycles. The molecule has 3 nitrogen and oxygen atoms in total. The minimum atomic E-state index is -0.265. The zero-order valence-corrected chi connectivity index (χ0v) is 10.3. The quantitative estimate of drug-likeness (QED) is 0.871. The first-order chi connectivity index (χ1) is 8.29. The molecule has 1 saturated heterocycles. The van der Waals surface area contributed by atoms with Crippen molar-refractivity contribution in [3.8, 4) is 0 Å². The number of nitrogens with one attached hydrogen (secondary N) is 1. The third-order valence-electron chi connectivity index (χ3n) is 3.47. The molecular weight excluding hydrogens is 217 g/mol. The van der Waals surface area contributed by atoms with E-state index >= 15 is 0 Å². The second-order valence-electron chi connectivity index (χ2n) is 4.59. The van der Waals surface area contributed by atoms with Crippen LogP contribution in [-0.2, 0) is 0 Å². The molecule has 0 aliphatic carbocycles. The maximum Gasteiger partial charge on any atom is 0.165 e. The minimum absolute atomic E-state index is 0.265. The van der Waals surface area contributed by atoms with Crippen molar-refractivity contribution in [3.05, 3.63) is 24.1 Å². The minimum Gasteiger partial charge on any atom is -0.367 e. The van der Waals surface area contributed by atoms with Crippen LogP contribution in [0.15, 0.2) is 18.3 Å². The monoisotopic (exact) mass is 237 g/mol. The number of hydrogen-bond acceptors (Lipinski definition) is 3. The fourth-order valence-electron chi connectivity index (χ4n) is 2.26. The summed E-state index contributed by atoms with van der Waals surface area (Å²) in [5.41, 5.74) is 0. The van der Waals surface area contributed by atoms with E-state index < -0.39 is 0 Å². The number of aromatic nitrogens is 1. The average Bonchev–Trinajstić information content (AvgIpc) is 2.38. The van der Waals surface area contributed by atoms with Crippen LogP contribution >= 0.6 is 0 Å². The van der Waals surface area contributed by atoms with Crippen molar-refractivity contribution in [2.24, 2.45) is 5.92 Å². The van der Waals surface area contributed by atoms with Crippen molar-refractivity contribution in [2.45, 2.75) is 19.8 Å². The molecule has 1 N–H and O–H groups in total. The van der Waals surface area contributed by atoms with Gasteiger partial charge in [0.2, 0.25) is 0 Å². The van der Waals surface area contributed by atoms with Crippen LogP contribution in [0.5, 0.6) is 0 Å². The van der Waals surface area contributed by atoms with Gasteiger partial charge < -0.3 is 10.2 Å². The van der Waals surface area contributed by atoms with Gasteiger partial charge in [0, 0.05) is 12.7 Å². The van der Waals surface area contributed by atoms with E-state index in [4.69, 9.17) is 0 Å². The SMILES string of the molecule is CCN1CCC(CNc2ncccc2F)CC1. The highest BCUT2D eigenvalue weighted by Crippen LogP contribution is 2.18. The van der Waals surface area contributed by atoms with E-state index in [0.29, 0.717) is 11.7 Å². The van der Waals surface area contributed by atoms with Crippen molar-refractivity contribution in [1.29, 1.82) is 0 Å². The van der Waals surface area contributed by atoms with Gasteiger partial charge in [0.15, 0.2) is 11.6 Å². The topological polar surface area (TPSA) is 28.2 Å². The Morgan fingerprint density at radius 1 is 1.47 bits per heavy atom. The summed E-state index contributed by atoms with van der Waals surface area (Å²) in [6.07, 6.45) is 4.00. The molecular formula is C13H20FN3. The molecule has 0 radical (unpaired) electrons. The summed E-state index contributed by atoms with van der Waals surface area (Å²) in [6.45, 7) is 6.48. The van der Waals surface area contributed by atoms with Gasteiger partial charge in [0.1, 0.15) is 0 Å². The Kier molecular flexibility index (Phi) is 4.31. The first-order valence-corrected chi connectivity index (χ1v) is 6.36. The molecule has 17 heavy (non-hydrogen) atoms. The predicted molar refractivity (Wildman–Crippen MR) is 67.5 cm³/mol. The van der Waals surface area contributed by atoms with E-state index in [1.807, 2.05) is 0 Å². The third-order valence-corrected chi connectivity index (χ3v) is 3.47. The number of pyridine rings is 1. The largest absolute Gasteiger partial charge is 0.367 e. The lowest BCUT2D eigenvalue weighted by atomic mass is 9.97. The molecule has 1 aliphatic rings. The molecule has 0 spiro atoms. The normalized spacial score (nSPS) is 18.2. The van der Waals surface area contributed by atoms with E-state index in [1.54, 1.807) is 12.3 Å². The summed E-state index contributed by atoms with van der Waals surface area (Å²) in [6, 6.07) is 3.05. The zero-order chi connectivity index (χ0) is 12.1. The van der Waals surface area contributed by atoms with E-state index in [1.165, 1.54) is 18.9 Å². The van der Waals surface area contributed by atoms with Gasteiger partial charge >= 0.3 is 0 Å². The molecule has 0 unspecified atom stereocenters. The summed E-state index contributed by atoms with van der Waals surface area (Å²) in [5.74, 6) is 0.753. The lowest BCUT2D eigenvalue weighted by Gasteiger charge is -2.31. The Labute approximate surface area is 102 Å².